The maximum Gasteiger partial charge on any atom is 0.335 e. The third-order valence-electron chi connectivity index (χ3n) is 4.40. The minimum atomic E-state index is -0.933. The zero-order valence-corrected chi connectivity index (χ0v) is 13.5. The number of hydrogen-bond donors (Lipinski definition) is 3. The van der Waals surface area contributed by atoms with Crippen LogP contribution < -0.4 is 0 Å². The molecule has 0 saturated heterocycles. The van der Waals surface area contributed by atoms with E-state index in [1.54, 1.807) is 12.1 Å². The summed E-state index contributed by atoms with van der Waals surface area (Å²) in [5, 5.41) is 18.6. The highest BCUT2D eigenvalue weighted by molar-refractivity contribution is 5.98. The summed E-state index contributed by atoms with van der Waals surface area (Å²) < 4.78 is 0. The Morgan fingerprint density at radius 3 is 2.62 bits per heavy atom. The number of hydrogen-bond acceptors (Lipinski definition) is 2. The molecule has 0 bridgehead atoms. The molecule has 0 fully saturated rings. The molecule has 3 rings (SSSR count). The van der Waals surface area contributed by atoms with Crippen LogP contribution in [-0.2, 0) is 6.42 Å². The molecule has 1 atom stereocenters. The zero-order chi connectivity index (χ0) is 17.1. The summed E-state index contributed by atoms with van der Waals surface area (Å²) in [5.74, 6) is -0.911. The Bertz CT molecular complexity index is 881. The molecule has 0 aliphatic heterocycles. The second-order valence-corrected chi connectivity index (χ2v) is 5.96. The first kappa shape index (κ1) is 16.0. The van der Waals surface area contributed by atoms with Gasteiger partial charge in [0, 0.05) is 35.2 Å². The van der Waals surface area contributed by atoms with Crippen LogP contribution in [0.15, 0.2) is 54.7 Å². The van der Waals surface area contributed by atoms with Crippen molar-refractivity contribution in [2.45, 2.75) is 25.7 Å². The monoisotopic (exact) mass is 320 g/mol. The van der Waals surface area contributed by atoms with Crippen LogP contribution in [0.2, 0.25) is 0 Å². The zero-order valence-electron chi connectivity index (χ0n) is 13.5. The molecule has 122 valence electrons. The van der Waals surface area contributed by atoms with E-state index in [1.807, 2.05) is 42.6 Å². The summed E-state index contributed by atoms with van der Waals surface area (Å²) >= 11 is 0. The van der Waals surface area contributed by atoms with Gasteiger partial charge < -0.3 is 15.5 Å². The molecule has 3 N–H and O–H groups in total. The van der Waals surface area contributed by atoms with Crippen molar-refractivity contribution >= 4 is 22.6 Å². The molecule has 2 aromatic carbocycles. The van der Waals surface area contributed by atoms with Crippen LogP contribution in [0.1, 0.15) is 40.7 Å². The van der Waals surface area contributed by atoms with Crippen LogP contribution >= 0.6 is 0 Å². The van der Waals surface area contributed by atoms with E-state index < -0.39 is 5.97 Å². The number of nitrogens with one attached hydrogen (secondary N) is 2. The summed E-state index contributed by atoms with van der Waals surface area (Å²) in [5.41, 5.74) is 3.94. The molecular weight excluding hydrogens is 300 g/mol. The first-order valence-corrected chi connectivity index (χ1v) is 8.05. The molecule has 0 aliphatic rings. The Morgan fingerprint density at radius 1 is 1.21 bits per heavy atom. The lowest BCUT2D eigenvalue weighted by Crippen LogP contribution is -2.13. The van der Waals surface area contributed by atoms with E-state index in [0.29, 0.717) is 12.1 Å². The molecule has 1 unspecified atom stereocenters. The average molecular weight is 320 g/mol. The van der Waals surface area contributed by atoms with Crippen molar-refractivity contribution in [1.82, 2.24) is 4.98 Å². The summed E-state index contributed by atoms with van der Waals surface area (Å²) in [6, 6.07) is 15.1. The fraction of sp³-hybridized carbons (Fsp3) is 0.200. The Balaban J connectivity index is 1.92. The topological polar surface area (TPSA) is 76.9 Å². The average Bonchev–Trinajstić information content (AvgIpc) is 2.99. The van der Waals surface area contributed by atoms with Crippen molar-refractivity contribution < 1.29 is 9.90 Å². The van der Waals surface area contributed by atoms with Gasteiger partial charge in [0.2, 0.25) is 0 Å². The molecule has 0 amide bonds. The smallest absolute Gasteiger partial charge is 0.335 e. The van der Waals surface area contributed by atoms with Crippen LogP contribution in [0.4, 0.5) is 0 Å². The largest absolute Gasteiger partial charge is 0.478 e. The van der Waals surface area contributed by atoms with Gasteiger partial charge in [0.1, 0.15) is 0 Å². The molecule has 0 saturated carbocycles. The van der Waals surface area contributed by atoms with Crippen molar-refractivity contribution in [3.63, 3.8) is 0 Å². The van der Waals surface area contributed by atoms with E-state index in [-0.39, 0.29) is 11.5 Å². The number of H-pyrrole nitrogens is 1. The standard InChI is InChI=1S/C20H20N2O2/c1-2-15(18(21)10-13-6-4-3-5-7-13)17-12-22-19-11-14(20(23)24)8-9-16(17)19/h3-9,11-12,15,21-22H,2,10H2,1H3,(H,23,24). The van der Waals surface area contributed by atoms with Gasteiger partial charge in [-0.1, -0.05) is 43.3 Å². The van der Waals surface area contributed by atoms with Crippen molar-refractivity contribution in [2.24, 2.45) is 0 Å². The third kappa shape index (κ3) is 3.08. The van der Waals surface area contributed by atoms with Crippen LogP contribution in [0.3, 0.4) is 0 Å². The lowest BCUT2D eigenvalue weighted by Gasteiger charge is -2.16. The molecular formula is C20H20N2O2. The molecule has 1 heterocycles. The first-order valence-electron chi connectivity index (χ1n) is 8.05. The maximum absolute atomic E-state index is 11.1. The highest BCUT2D eigenvalue weighted by Gasteiger charge is 2.19. The second-order valence-electron chi connectivity index (χ2n) is 5.96. The van der Waals surface area contributed by atoms with Gasteiger partial charge in [-0.15, -0.1) is 0 Å². The second kappa shape index (κ2) is 6.71. The quantitative estimate of drug-likeness (QED) is 0.579. The van der Waals surface area contributed by atoms with Crippen LogP contribution in [0.25, 0.3) is 10.9 Å². The summed E-state index contributed by atoms with van der Waals surface area (Å²) in [6.07, 6.45) is 3.36. The number of aromatic carboxylic acids is 1. The van der Waals surface area contributed by atoms with E-state index in [1.165, 1.54) is 0 Å². The van der Waals surface area contributed by atoms with Crippen LogP contribution in [-0.4, -0.2) is 21.8 Å². The van der Waals surface area contributed by atoms with Gasteiger partial charge in [0.05, 0.1) is 5.56 Å². The predicted molar refractivity (Wildman–Crippen MR) is 96.2 cm³/mol. The molecule has 0 spiro atoms. The number of carboxylic acids is 1. The molecule has 0 radical (unpaired) electrons. The van der Waals surface area contributed by atoms with Crippen molar-refractivity contribution in [2.75, 3.05) is 0 Å². The molecule has 0 aliphatic carbocycles. The maximum atomic E-state index is 11.1. The Kier molecular flexibility index (Phi) is 4.47. The normalized spacial score (nSPS) is 12.2. The third-order valence-corrected chi connectivity index (χ3v) is 4.40. The van der Waals surface area contributed by atoms with Gasteiger partial charge in [-0.25, -0.2) is 4.79 Å². The predicted octanol–water partition coefficient (Wildman–Crippen LogP) is 4.62. The highest BCUT2D eigenvalue weighted by atomic mass is 16.4. The summed E-state index contributed by atoms with van der Waals surface area (Å²) in [4.78, 5) is 14.3. The Morgan fingerprint density at radius 2 is 1.96 bits per heavy atom. The highest BCUT2D eigenvalue weighted by Crippen LogP contribution is 2.30. The van der Waals surface area contributed by atoms with Crippen molar-refractivity contribution in [3.05, 3.63) is 71.4 Å². The van der Waals surface area contributed by atoms with E-state index in [9.17, 15) is 4.79 Å². The van der Waals surface area contributed by atoms with E-state index in [0.717, 1.165) is 28.5 Å². The van der Waals surface area contributed by atoms with E-state index in [4.69, 9.17) is 10.5 Å². The van der Waals surface area contributed by atoms with Crippen LogP contribution in [0, 0.1) is 5.41 Å². The fourth-order valence-electron chi connectivity index (χ4n) is 3.16. The van der Waals surface area contributed by atoms with Gasteiger partial charge in [-0.2, -0.15) is 0 Å². The first-order chi connectivity index (χ1) is 11.6. The molecule has 4 heteroatoms. The number of carboxylic acid groups (broad SMARTS) is 1. The van der Waals surface area contributed by atoms with Crippen LogP contribution in [0.5, 0.6) is 0 Å². The molecule has 1 aromatic heterocycles. The van der Waals surface area contributed by atoms with Gasteiger partial charge >= 0.3 is 5.97 Å². The Labute approximate surface area is 140 Å². The van der Waals surface area contributed by atoms with Gasteiger partial charge in [0.15, 0.2) is 0 Å². The lowest BCUT2D eigenvalue weighted by atomic mass is 9.88. The summed E-state index contributed by atoms with van der Waals surface area (Å²) in [6.45, 7) is 2.08. The van der Waals surface area contributed by atoms with Gasteiger partial charge in [-0.3, -0.25) is 0 Å². The number of rotatable bonds is 6. The number of carbonyl (C=O) groups is 1. The Hall–Kier alpha value is -2.88. The lowest BCUT2D eigenvalue weighted by molar-refractivity contribution is 0.0697. The molecule has 24 heavy (non-hydrogen) atoms. The van der Waals surface area contributed by atoms with Gasteiger partial charge in [0.25, 0.3) is 0 Å². The SMILES string of the molecule is CCC(C(=N)Cc1ccccc1)c1c[nH]c2cc(C(=O)O)ccc12. The summed E-state index contributed by atoms with van der Waals surface area (Å²) in [7, 11) is 0. The molecule has 3 aromatic rings. The number of aromatic amines is 1. The van der Waals surface area contributed by atoms with E-state index in [2.05, 4.69) is 11.9 Å². The minimum Gasteiger partial charge on any atom is -0.478 e. The number of fused-ring (bicyclic) bond motifs is 1. The fourth-order valence-corrected chi connectivity index (χ4v) is 3.16. The van der Waals surface area contributed by atoms with Crippen molar-refractivity contribution in [1.29, 1.82) is 5.41 Å². The number of benzene rings is 2. The van der Waals surface area contributed by atoms with E-state index >= 15 is 0 Å². The van der Waals surface area contributed by atoms with Gasteiger partial charge in [-0.05, 0) is 29.7 Å². The van der Waals surface area contributed by atoms with Crippen molar-refractivity contribution in [3.8, 4) is 0 Å². The minimum absolute atomic E-state index is 0.0228. The molecule has 4 nitrogen and oxygen atoms in total. The number of aromatic nitrogens is 1.